The van der Waals surface area contributed by atoms with Crippen LogP contribution in [-0.4, -0.2) is 91.8 Å². The highest BCUT2D eigenvalue weighted by molar-refractivity contribution is 9.10. The molecule has 5 heterocycles. The van der Waals surface area contributed by atoms with Crippen molar-refractivity contribution < 1.29 is 31.5 Å². The first kappa shape index (κ1) is 36.6. The molecule has 3 fully saturated rings. The topological polar surface area (TPSA) is 146 Å². The normalized spacial score (nSPS) is 25.3. The molecule has 3 aliphatic rings. The lowest BCUT2D eigenvalue weighted by atomic mass is 9.90. The second kappa shape index (κ2) is 15.9. The second-order valence-corrected chi connectivity index (χ2v) is 20.0. The number of carboxylic acids is 1. The lowest BCUT2D eigenvalue weighted by Gasteiger charge is -2.31. The van der Waals surface area contributed by atoms with Crippen molar-refractivity contribution in [2.75, 3.05) is 39.3 Å². The average Bonchev–Trinajstić information content (AvgIpc) is 3.62. The molecular formula is C29H39Br2ClN4O7S3. The molecule has 0 aliphatic carbocycles. The molecule has 3 saturated heterocycles. The number of halogens is 3. The maximum absolute atomic E-state index is 13.5. The van der Waals surface area contributed by atoms with E-state index in [0.29, 0.717) is 40.8 Å². The lowest BCUT2D eigenvalue weighted by Crippen LogP contribution is -2.40. The van der Waals surface area contributed by atoms with Crippen molar-refractivity contribution in [1.82, 2.24) is 18.9 Å². The predicted octanol–water partition coefficient (Wildman–Crippen LogP) is 5.50. The molecule has 0 spiro atoms. The number of piperidine rings is 2. The Labute approximate surface area is 296 Å². The molecule has 0 bridgehead atoms. The van der Waals surface area contributed by atoms with Gasteiger partial charge in [0.1, 0.15) is 20.0 Å². The average molecular weight is 847 g/mol. The third-order valence-corrected chi connectivity index (χ3v) is 16.6. The Morgan fingerprint density at radius 1 is 1.17 bits per heavy atom. The fourth-order valence-corrected chi connectivity index (χ4v) is 12.5. The summed E-state index contributed by atoms with van der Waals surface area (Å²) >= 11 is 14.1. The van der Waals surface area contributed by atoms with Gasteiger partial charge in [-0.3, -0.25) is 9.78 Å². The fourth-order valence-electron chi connectivity index (χ4n) is 6.47. The van der Waals surface area contributed by atoms with Gasteiger partial charge >= 0.3 is 5.97 Å². The summed E-state index contributed by atoms with van der Waals surface area (Å²) in [4.78, 5) is 16.2. The third-order valence-electron chi connectivity index (χ3n) is 9.00. The van der Waals surface area contributed by atoms with Crippen LogP contribution < -0.4 is 5.32 Å². The van der Waals surface area contributed by atoms with Crippen LogP contribution in [0.5, 0.6) is 0 Å². The molecule has 0 aromatic carbocycles. The molecule has 4 atom stereocenters. The number of aliphatic carboxylic acids is 1. The Balaban J connectivity index is 1.09. The van der Waals surface area contributed by atoms with Crippen LogP contribution in [0.2, 0.25) is 4.34 Å². The smallest absolute Gasteiger partial charge is 0.318 e. The summed E-state index contributed by atoms with van der Waals surface area (Å²) in [5.41, 5.74) is 0.736. The first-order chi connectivity index (χ1) is 21.8. The van der Waals surface area contributed by atoms with Gasteiger partial charge in [0.25, 0.3) is 10.0 Å². The van der Waals surface area contributed by atoms with Gasteiger partial charge < -0.3 is 15.2 Å². The summed E-state index contributed by atoms with van der Waals surface area (Å²) in [6.07, 6.45) is 8.07. The number of pyridine rings is 1. The van der Waals surface area contributed by atoms with Crippen molar-refractivity contribution in [3.8, 4) is 0 Å². The summed E-state index contributed by atoms with van der Waals surface area (Å²) in [5.74, 6) is -0.543. The monoisotopic (exact) mass is 844 g/mol. The summed E-state index contributed by atoms with van der Waals surface area (Å²) in [7, 11) is -7.66. The van der Waals surface area contributed by atoms with Crippen LogP contribution >= 0.6 is 54.8 Å². The van der Waals surface area contributed by atoms with Crippen LogP contribution in [0.1, 0.15) is 63.1 Å². The van der Waals surface area contributed by atoms with Gasteiger partial charge in [-0.15, -0.1) is 11.3 Å². The van der Waals surface area contributed by atoms with Gasteiger partial charge in [-0.2, -0.15) is 8.61 Å². The van der Waals surface area contributed by atoms with E-state index in [4.69, 9.17) is 16.3 Å². The van der Waals surface area contributed by atoms with E-state index in [1.807, 2.05) is 0 Å². The van der Waals surface area contributed by atoms with E-state index in [-0.39, 0.29) is 32.4 Å². The third kappa shape index (κ3) is 8.90. The van der Waals surface area contributed by atoms with Gasteiger partial charge in [-0.05, 0) is 91.0 Å². The molecule has 5 rings (SSSR count). The quantitative estimate of drug-likeness (QED) is 0.250. The van der Waals surface area contributed by atoms with Crippen molar-refractivity contribution in [3.63, 3.8) is 0 Å². The first-order valence-corrected chi connectivity index (χ1v) is 21.2. The van der Waals surface area contributed by atoms with E-state index in [1.165, 1.54) is 12.3 Å². The highest BCUT2D eigenvalue weighted by atomic mass is 79.9. The van der Waals surface area contributed by atoms with Gasteiger partial charge in [0.15, 0.2) is 0 Å². The molecule has 0 amide bonds. The number of hydrogen-bond donors (Lipinski definition) is 2. The molecule has 11 nitrogen and oxygen atoms in total. The molecule has 0 radical (unpaired) electrons. The second-order valence-electron chi connectivity index (χ2n) is 12.2. The molecule has 17 heteroatoms. The highest BCUT2D eigenvalue weighted by Gasteiger charge is 2.35. The zero-order chi connectivity index (χ0) is 33.1. The van der Waals surface area contributed by atoms with Crippen molar-refractivity contribution in [1.29, 1.82) is 0 Å². The molecule has 3 aliphatic heterocycles. The highest BCUT2D eigenvalue weighted by Crippen LogP contribution is 2.37. The number of carboxylic acid groups (broad SMARTS) is 1. The van der Waals surface area contributed by atoms with Gasteiger partial charge in [0, 0.05) is 41.7 Å². The largest absolute Gasteiger partial charge is 0.480 e. The van der Waals surface area contributed by atoms with E-state index in [0.717, 1.165) is 72.8 Å². The number of alkyl halides is 1. The van der Waals surface area contributed by atoms with Crippen LogP contribution in [0.15, 0.2) is 38.0 Å². The van der Waals surface area contributed by atoms with Crippen LogP contribution in [0, 0.1) is 11.8 Å². The number of carbonyl (C=O) groups is 1. The van der Waals surface area contributed by atoms with E-state index in [9.17, 15) is 26.7 Å². The summed E-state index contributed by atoms with van der Waals surface area (Å²) in [6.45, 7) is 1.62. The van der Waals surface area contributed by atoms with Gasteiger partial charge in [0.2, 0.25) is 10.0 Å². The predicted molar refractivity (Wildman–Crippen MR) is 184 cm³/mol. The number of thiophene rings is 1. The lowest BCUT2D eigenvalue weighted by molar-refractivity contribution is -0.137. The van der Waals surface area contributed by atoms with Crippen molar-refractivity contribution in [2.24, 2.45) is 11.8 Å². The first-order valence-electron chi connectivity index (χ1n) is 15.5. The van der Waals surface area contributed by atoms with Crippen LogP contribution in [0.3, 0.4) is 0 Å². The van der Waals surface area contributed by atoms with Crippen molar-refractivity contribution in [3.05, 3.63) is 38.9 Å². The minimum absolute atomic E-state index is 0.0206. The molecule has 256 valence electrons. The standard InChI is InChI=1S/C29H39Br2ClN4O7S3/c30-23-5-2-10-33-28(23)25-7-6-22(15-34-25)45(39,40)36(17-26(37)38)16-21-13-20(18-43-21)4-1-3-19-8-11-35(12-9-19)46(41,42)27-14-24(31)29(32)44-27/h6-7,14-15,19-21,23,28,33H,1-5,8-13,16-18H2,(H,37,38). The maximum Gasteiger partial charge on any atom is 0.318 e. The van der Waals surface area contributed by atoms with Crippen LogP contribution in [-0.2, 0) is 29.6 Å². The SMILES string of the molecule is O=C(O)CN(CC1CC(CCCC2CCN(S(=O)(=O)c3cc(Br)c(Cl)s3)CC2)CO1)S(=O)(=O)c1ccc(C2NCCCC2Br)nc1. The van der Waals surface area contributed by atoms with Crippen molar-refractivity contribution >= 4 is 80.8 Å². The minimum atomic E-state index is -4.10. The Bertz CT molecular complexity index is 1550. The molecule has 46 heavy (non-hydrogen) atoms. The van der Waals surface area contributed by atoms with Gasteiger partial charge in [0.05, 0.1) is 17.8 Å². The summed E-state index contributed by atoms with van der Waals surface area (Å²) in [5, 5.41) is 12.9. The number of rotatable bonds is 13. The van der Waals surface area contributed by atoms with E-state index in [1.54, 1.807) is 16.4 Å². The Morgan fingerprint density at radius 2 is 1.91 bits per heavy atom. The van der Waals surface area contributed by atoms with Crippen LogP contribution in [0.4, 0.5) is 0 Å². The molecule has 0 saturated carbocycles. The molecular weight excluding hydrogens is 808 g/mol. The zero-order valence-electron chi connectivity index (χ0n) is 25.2. The maximum atomic E-state index is 13.5. The van der Waals surface area contributed by atoms with Crippen LogP contribution in [0.25, 0.3) is 0 Å². The summed E-state index contributed by atoms with van der Waals surface area (Å²) < 4.78 is 62.8. The minimum Gasteiger partial charge on any atom is -0.480 e. The van der Waals surface area contributed by atoms with E-state index in [2.05, 4.69) is 42.2 Å². The summed E-state index contributed by atoms with van der Waals surface area (Å²) in [6, 6.07) is 4.72. The molecule has 2 aromatic heterocycles. The Kier molecular flexibility index (Phi) is 12.6. The number of nitrogens with zero attached hydrogens (tertiary/aromatic N) is 3. The zero-order valence-corrected chi connectivity index (χ0v) is 31.6. The fraction of sp³-hybridized carbons (Fsp3) is 0.655. The number of sulfonamides is 2. The number of hydrogen-bond acceptors (Lipinski definition) is 9. The number of aromatic nitrogens is 1. The Hall–Kier alpha value is -0.690. The molecule has 4 unspecified atom stereocenters. The molecule has 2 aromatic rings. The number of nitrogens with one attached hydrogen (secondary N) is 1. The van der Waals surface area contributed by atoms with Crippen molar-refractivity contribution in [2.45, 2.75) is 77.4 Å². The van der Waals surface area contributed by atoms with E-state index >= 15 is 0 Å². The van der Waals surface area contributed by atoms with Gasteiger partial charge in [-0.25, -0.2) is 16.8 Å². The van der Waals surface area contributed by atoms with E-state index < -0.39 is 38.7 Å². The number of ether oxygens (including phenoxy) is 1. The Morgan fingerprint density at radius 3 is 2.54 bits per heavy atom. The molecule has 2 N–H and O–H groups in total. The van der Waals surface area contributed by atoms with Gasteiger partial charge in [-0.1, -0.05) is 40.4 Å².